The van der Waals surface area contributed by atoms with Crippen LogP contribution in [-0.2, 0) is 0 Å². The molecule has 1 rings (SSSR count). The van der Waals surface area contributed by atoms with Gasteiger partial charge >= 0.3 is 0 Å². The number of ether oxygens (including phenoxy) is 1. The Hall–Kier alpha value is -0.540. The number of ketones is 1. The summed E-state index contributed by atoms with van der Waals surface area (Å²) in [6.07, 6.45) is 0. The number of benzene rings is 1. The number of alkyl halides is 1. The van der Waals surface area contributed by atoms with E-state index in [4.69, 9.17) is 16.3 Å². The van der Waals surface area contributed by atoms with Crippen LogP contribution in [-0.4, -0.2) is 17.2 Å². The number of Topliss-reactive ketones (excluding diaryl/α,β-unsaturated/α-hetero) is 1. The van der Waals surface area contributed by atoms with Gasteiger partial charge in [0.25, 0.3) is 0 Å². The van der Waals surface area contributed by atoms with Crippen LogP contribution in [0.1, 0.15) is 24.2 Å². The van der Waals surface area contributed by atoms with E-state index in [1.807, 2.05) is 6.92 Å². The van der Waals surface area contributed by atoms with Gasteiger partial charge in [0, 0.05) is 5.56 Å². The molecule has 0 fully saturated rings. The van der Waals surface area contributed by atoms with E-state index in [0.29, 0.717) is 22.9 Å². The Labute approximate surface area is 103 Å². The van der Waals surface area contributed by atoms with Crippen molar-refractivity contribution in [2.24, 2.45) is 0 Å². The highest BCUT2D eigenvalue weighted by molar-refractivity contribution is 9.10. The molecule has 0 radical (unpaired) electrons. The molecular weight excluding hydrogens is 279 g/mol. The van der Waals surface area contributed by atoms with Gasteiger partial charge in [0.05, 0.1) is 16.5 Å². The predicted molar refractivity (Wildman–Crippen MR) is 65.3 cm³/mol. The second-order valence-corrected chi connectivity index (χ2v) is 4.84. The lowest BCUT2D eigenvalue weighted by molar-refractivity contribution is 0.0996. The number of hydrogen-bond donors (Lipinski definition) is 0. The lowest BCUT2D eigenvalue weighted by atomic mass is 10.1. The summed E-state index contributed by atoms with van der Waals surface area (Å²) in [4.78, 5) is 11.4. The van der Waals surface area contributed by atoms with Gasteiger partial charge in [0.2, 0.25) is 0 Å². The Morgan fingerprint density at radius 3 is 2.73 bits per heavy atom. The van der Waals surface area contributed by atoms with Gasteiger partial charge in [-0.3, -0.25) is 4.79 Å². The average molecular weight is 292 g/mol. The Morgan fingerprint density at radius 1 is 1.60 bits per heavy atom. The maximum atomic E-state index is 11.6. The molecule has 2 nitrogen and oxygen atoms in total. The second kappa shape index (κ2) is 5.52. The molecule has 4 heteroatoms. The van der Waals surface area contributed by atoms with Crippen molar-refractivity contribution < 1.29 is 9.53 Å². The molecule has 0 bridgehead atoms. The third kappa shape index (κ3) is 3.21. The molecule has 0 saturated heterocycles. The zero-order valence-corrected chi connectivity index (χ0v) is 10.9. The predicted octanol–water partition coefficient (Wildman–Crippen LogP) is 3.70. The molecule has 0 aromatic heterocycles. The zero-order chi connectivity index (χ0) is 11.4. The Morgan fingerprint density at radius 2 is 2.27 bits per heavy atom. The quantitative estimate of drug-likeness (QED) is 0.624. The van der Waals surface area contributed by atoms with Crippen LogP contribution in [0.3, 0.4) is 0 Å². The van der Waals surface area contributed by atoms with Crippen molar-refractivity contribution >= 4 is 33.3 Å². The van der Waals surface area contributed by atoms with Gasteiger partial charge in [-0.2, -0.15) is 0 Å². The highest BCUT2D eigenvalue weighted by Gasteiger charge is 2.13. The molecule has 0 N–H and O–H groups in total. The standard InChI is InChI=1S/C11H12BrClO2/c1-3-15-10-5-4-8(6-9(10)13)11(14)7(2)12/h4-7H,3H2,1-2H3. The smallest absolute Gasteiger partial charge is 0.176 e. The van der Waals surface area contributed by atoms with Crippen molar-refractivity contribution in [3.05, 3.63) is 28.8 Å². The van der Waals surface area contributed by atoms with Crippen molar-refractivity contribution in [1.82, 2.24) is 0 Å². The Kier molecular flexibility index (Phi) is 4.61. The average Bonchev–Trinajstić information content (AvgIpc) is 2.20. The Bertz CT molecular complexity index is 364. The molecule has 0 amide bonds. The molecule has 0 aliphatic heterocycles. The summed E-state index contributed by atoms with van der Waals surface area (Å²) >= 11 is 9.19. The number of rotatable bonds is 4. The first-order chi connectivity index (χ1) is 7.06. The first-order valence-corrected chi connectivity index (χ1v) is 5.96. The number of hydrogen-bond acceptors (Lipinski definition) is 2. The molecule has 1 unspecified atom stereocenters. The van der Waals surface area contributed by atoms with Gasteiger partial charge in [-0.25, -0.2) is 0 Å². The topological polar surface area (TPSA) is 26.3 Å². The summed E-state index contributed by atoms with van der Waals surface area (Å²) in [5, 5.41) is 0.468. The fraction of sp³-hybridized carbons (Fsp3) is 0.364. The Balaban J connectivity index is 2.96. The second-order valence-electron chi connectivity index (χ2n) is 3.06. The molecule has 0 aliphatic rings. The fourth-order valence-electron chi connectivity index (χ4n) is 1.16. The molecule has 15 heavy (non-hydrogen) atoms. The van der Waals surface area contributed by atoms with Crippen LogP contribution < -0.4 is 4.74 Å². The summed E-state index contributed by atoms with van der Waals surface area (Å²) in [5.74, 6) is 0.623. The largest absolute Gasteiger partial charge is 0.492 e. The number of carbonyl (C=O) groups is 1. The van der Waals surface area contributed by atoms with Gasteiger partial charge in [0.1, 0.15) is 5.75 Å². The summed E-state index contributed by atoms with van der Waals surface area (Å²) in [7, 11) is 0. The summed E-state index contributed by atoms with van der Waals surface area (Å²) in [6.45, 7) is 4.23. The molecule has 0 heterocycles. The van der Waals surface area contributed by atoms with E-state index in [2.05, 4.69) is 15.9 Å². The number of carbonyl (C=O) groups excluding carboxylic acids is 1. The van der Waals surface area contributed by atoms with E-state index in [0.717, 1.165) is 0 Å². The minimum Gasteiger partial charge on any atom is -0.492 e. The van der Waals surface area contributed by atoms with Gasteiger partial charge in [-0.05, 0) is 32.0 Å². The van der Waals surface area contributed by atoms with Crippen LogP contribution in [0, 0.1) is 0 Å². The highest BCUT2D eigenvalue weighted by atomic mass is 79.9. The maximum absolute atomic E-state index is 11.6. The molecular formula is C11H12BrClO2. The maximum Gasteiger partial charge on any atom is 0.176 e. The van der Waals surface area contributed by atoms with Gasteiger partial charge in [0.15, 0.2) is 5.78 Å². The molecule has 1 atom stereocenters. The minimum absolute atomic E-state index is 0.0138. The summed E-state index contributed by atoms with van der Waals surface area (Å²) in [6, 6.07) is 5.07. The molecule has 0 saturated carbocycles. The monoisotopic (exact) mass is 290 g/mol. The summed E-state index contributed by atoms with van der Waals surface area (Å²) < 4.78 is 5.28. The van der Waals surface area contributed by atoms with E-state index >= 15 is 0 Å². The van der Waals surface area contributed by atoms with E-state index < -0.39 is 0 Å². The fourth-order valence-corrected chi connectivity index (χ4v) is 1.66. The van der Waals surface area contributed by atoms with Crippen molar-refractivity contribution in [2.45, 2.75) is 18.7 Å². The zero-order valence-electron chi connectivity index (χ0n) is 8.59. The first kappa shape index (κ1) is 12.5. The SMILES string of the molecule is CCOc1ccc(C(=O)C(C)Br)cc1Cl. The molecule has 1 aromatic carbocycles. The molecule has 1 aromatic rings. The van der Waals surface area contributed by atoms with Crippen molar-refractivity contribution in [1.29, 1.82) is 0 Å². The minimum atomic E-state index is -0.202. The van der Waals surface area contributed by atoms with Crippen LogP contribution >= 0.6 is 27.5 Å². The molecule has 0 aliphatic carbocycles. The summed E-state index contributed by atoms with van der Waals surface area (Å²) in [5.41, 5.74) is 0.591. The van der Waals surface area contributed by atoms with Crippen LogP contribution in [0.5, 0.6) is 5.75 Å². The van der Waals surface area contributed by atoms with Gasteiger partial charge < -0.3 is 4.74 Å². The lowest BCUT2D eigenvalue weighted by Crippen LogP contribution is -2.09. The van der Waals surface area contributed by atoms with E-state index in [-0.39, 0.29) is 10.6 Å². The third-order valence-corrected chi connectivity index (χ3v) is 2.59. The van der Waals surface area contributed by atoms with Crippen molar-refractivity contribution in [3.63, 3.8) is 0 Å². The third-order valence-electron chi connectivity index (χ3n) is 1.88. The number of halogens is 2. The lowest BCUT2D eigenvalue weighted by Gasteiger charge is -2.08. The van der Waals surface area contributed by atoms with Crippen LogP contribution in [0.15, 0.2) is 18.2 Å². The van der Waals surface area contributed by atoms with E-state index in [1.54, 1.807) is 25.1 Å². The van der Waals surface area contributed by atoms with Crippen LogP contribution in [0.4, 0.5) is 0 Å². The van der Waals surface area contributed by atoms with Gasteiger partial charge in [-0.15, -0.1) is 0 Å². The molecule has 0 spiro atoms. The van der Waals surface area contributed by atoms with Crippen molar-refractivity contribution in [2.75, 3.05) is 6.61 Å². The highest BCUT2D eigenvalue weighted by Crippen LogP contribution is 2.26. The van der Waals surface area contributed by atoms with Gasteiger partial charge in [-0.1, -0.05) is 27.5 Å². The normalized spacial score (nSPS) is 12.3. The van der Waals surface area contributed by atoms with Crippen LogP contribution in [0.2, 0.25) is 5.02 Å². The van der Waals surface area contributed by atoms with Crippen LogP contribution in [0.25, 0.3) is 0 Å². The van der Waals surface area contributed by atoms with Crippen molar-refractivity contribution in [3.8, 4) is 5.75 Å². The molecule has 82 valence electrons. The van der Waals surface area contributed by atoms with E-state index in [9.17, 15) is 4.79 Å². The first-order valence-electron chi connectivity index (χ1n) is 4.67. The van der Waals surface area contributed by atoms with E-state index in [1.165, 1.54) is 0 Å².